The molecular formula is C28H41NO6S3. The summed E-state index contributed by atoms with van der Waals surface area (Å²) in [5.41, 5.74) is 2.77. The fourth-order valence-corrected chi connectivity index (χ4v) is 4.32. The van der Waals surface area contributed by atoms with Crippen molar-refractivity contribution in [3.8, 4) is 0 Å². The number of nitrogens with one attached hydrogen (secondary N) is 1. The molecule has 0 aliphatic rings. The molecule has 0 radical (unpaired) electrons. The molecule has 0 bridgehead atoms. The maximum absolute atomic E-state index is 11.3. The number of thioether (sulfide) groups is 2. The summed E-state index contributed by atoms with van der Waals surface area (Å²) in [5, 5.41) is 2.94. The number of esters is 3. The van der Waals surface area contributed by atoms with Crippen LogP contribution in [0.4, 0.5) is 0 Å². The van der Waals surface area contributed by atoms with E-state index in [0.717, 1.165) is 29.9 Å². The number of hydrogen-bond acceptors (Lipinski definition) is 9. The molecule has 0 aliphatic carbocycles. The number of carbonyl (C=O) groups excluding carboxylic acids is 3. The molecule has 1 rings (SSSR count). The van der Waals surface area contributed by atoms with Crippen molar-refractivity contribution in [2.75, 3.05) is 37.9 Å². The lowest BCUT2D eigenvalue weighted by molar-refractivity contribution is -0.143. The smallest absolute Gasteiger partial charge is 0.333 e. The maximum Gasteiger partial charge on any atom is 0.333 e. The number of benzene rings is 1. The Balaban J connectivity index is 0.000000735. The Morgan fingerprint density at radius 2 is 1.66 bits per heavy atom. The lowest BCUT2D eigenvalue weighted by Crippen LogP contribution is -2.25. The van der Waals surface area contributed by atoms with Gasteiger partial charge in [0, 0.05) is 22.8 Å². The van der Waals surface area contributed by atoms with Gasteiger partial charge in [0.25, 0.3) is 0 Å². The third-order valence-corrected chi connectivity index (χ3v) is 6.84. The number of rotatable bonds is 17. The molecule has 0 saturated heterocycles. The van der Waals surface area contributed by atoms with Gasteiger partial charge in [-0.2, -0.15) is 11.8 Å². The molecule has 0 saturated carbocycles. The number of thiocarbonyl (C=S) groups is 1. The van der Waals surface area contributed by atoms with Gasteiger partial charge in [-0.05, 0) is 31.4 Å². The monoisotopic (exact) mass is 583 g/mol. The first-order valence-electron chi connectivity index (χ1n) is 12.6. The molecule has 0 amide bonds. The van der Waals surface area contributed by atoms with Crippen LogP contribution in [0, 0.1) is 0 Å². The molecule has 1 aromatic carbocycles. The predicted octanol–water partition coefficient (Wildman–Crippen LogP) is 5.96. The highest BCUT2D eigenvalue weighted by atomic mass is 32.2. The van der Waals surface area contributed by atoms with E-state index in [9.17, 15) is 14.4 Å². The molecule has 10 heteroatoms. The van der Waals surface area contributed by atoms with Crippen molar-refractivity contribution < 1.29 is 28.6 Å². The molecule has 1 aromatic rings. The summed E-state index contributed by atoms with van der Waals surface area (Å²) >= 11 is 8.20. The van der Waals surface area contributed by atoms with Crippen LogP contribution in [0.2, 0.25) is 0 Å². The first kappa shape index (κ1) is 35.7. The summed E-state index contributed by atoms with van der Waals surface area (Å²) < 4.78 is 15.4. The van der Waals surface area contributed by atoms with Crippen molar-refractivity contribution in [1.82, 2.24) is 5.32 Å². The van der Waals surface area contributed by atoms with Gasteiger partial charge < -0.3 is 19.5 Å². The summed E-state index contributed by atoms with van der Waals surface area (Å²) in [4.78, 5) is 33.5. The topological polar surface area (TPSA) is 90.9 Å². The predicted molar refractivity (Wildman–Crippen MR) is 163 cm³/mol. The van der Waals surface area contributed by atoms with E-state index in [1.54, 1.807) is 18.7 Å². The van der Waals surface area contributed by atoms with E-state index in [2.05, 4.69) is 30.6 Å². The Hall–Kier alpha value is -2.30. The van der Waals surface area contributed by atoms with E-state index in [0.29, 0.717) is 48.2 Å². The third kappa shape index (κ3) is 20.7. The normalized spacial score (nSPS) is 9.87. The van der Waals surface area contributed by atoms with Gasteiger partial charge >= 0.3 is 17.9 Å². The first-order chi connectivity index (χ1) is 18.2. The number of carbonyl (C=O) groups is 3. The molecule has 1 N–H and O–H groups in total. The molecule has 0 aromatic heterocycles. The zero-order valence-corrected chi connectivity index (χ0v) is 25.2. The van der Waals surface area contributed by atoms with Crippen LogP contribution in [0.1, 0.15) is 57.6 Å². The van der Waals surface area contributed by atoms with E-state index in [1.165, 1.54) is 17.3 Å². The minimum atomic E-state index is -0.412. The Bertz CT molecular complexity index is 874. The van der Waals surface area contributed by atoms with Crippen molar-refractivity contribution in [3.63, 3.8) is 0 Å². The third-order valence-electron chi connectivity index (χ3n) is 4.49. The van der Waals surface area contributed by atoms with Crippen molar-refractivity contribution in [1.29, 1.82) is 0 Å². The molecule has 212 valence electrons. The fourth-order valence-electron chi connectivity index (χ4n) is 2.43. The van der Waals surface area contributed by atoms with Crippen LogP contribution in [-0.2, 0) is 34.3 Å². The van der Waals surface area contributed by atoms with Crippen LogP contribution >= 0.6 is 35.7 Å². The second kappa shape index (κ2) is 23.8. The quantitative estimate of drug-likeness (QED) is 0.0778. The van der Waals surface area contributed by atoms with Gasteiger partial charge in [0.05, 0.1) is 32.6 Å². The van der Waals surface area contributed by atoms with E-state index >= 15 is 0 Å². The summed E-state index contributed by atoms with van der Waals surface area (Å²) in [5.74, 6) is 1.59. The van der Waals surface area contributed by atoms with E-state index in [1.807, 2.05) is 32.1 Å². The highest BCUT2D eigenvalue weighted by Gasteiger charge is 2.06. The Labute approximate surface area is 241 Å². The van der Waals surface area contributed by atoms with Crippen LogP contribution in [0.25, 0.3) is 6.08 Å². The minimum absolute atomic E-state index is 0.109. The van der Waals surface area contributed by atoms with Crippen molar-refractivity contribution >= 4 is 64.0 Å². The average molecular weight is 584 g/mol. The lowest BCUT2D eigenvalue weighted by Gasteiger charge is -2.08. The molecule has 0 aliphatic heterocycles. The van der Waals surface area contributed by atoms with Crippen molar-refractivity contribution in [2.24, 2.45) is 0 Å². The van der Waals surface area contributed by atoms with Crippen LogP contribution < -0.4 is 5.32 Å². The van der Waals surface area contributed by atoms with Crippen LogP contribution in [0.3, 0.4) is 0 Å². The zero-order valence-electron chi connectivity index (χ0n) is 22.8. The lowest BCUT2D eigenvalue weighted by atomic mass is 10.1. The largest absolute Gasteiger partial charge is 0.466 e. The van der Waals surface area contributed by atoms with Gasteiger partial charge in [-0.3, -0.25) is 9.59 Å². The molecule has 38 heavy (non-hydrogen) atoms. The van der Waals surface area contributed by atoms with E-state index in [-0.39, 0.29) is 18.5 Å². The molecule has 0 unspecified atom stereocenters. The second-order valence-electron chi connectivity index (χ2n) is 7.86. The summed E-state index contributed by atoms with van der Waals surface area (Å²) in [6, 6.07) is 8.28. The molecule has 0 atom stereocenters. The highest BCUT2D eigenvalue weighted by molar-refractivity contribution is 8.22. The number of unbranched alkanes of at least 4 members (excludes halogenated alkanes) is 1. The summed E-state index contributed by atoms with van der Waals surface area (Å²) in [7, 11) is 0. The minimum Gasteiger partial charge on any atom is -0.466 e. The van der Waals surface area contributed by atoms with Gasteiger partial charge in [0.2, 0.25) is 0 Å². The van der Waals surface area contributed by atoms with Gasteiger partial charge in [0.15, 0.2) is 0 Å². The first-order valence-corrected chi connectivity index (χ1v) is 15.1. The molecule has 0 heterocycles. The van der Waals surface area contributed by atoms with Crippen LogP contribution in [0.5, 0.6) is 0 Å². The van der Waals surface area contributed by atoms with E-state index < -0.39 is 5.97 Å². The Kier molecular flexibility index (Phi) is 22.4. The standard InChI is InChI=1S/C14H23NO4S2.C14H18O2S/c1-4-5-8-18-12(16)6-10-21-14(20)15-7-9-19-13(17)11(2)3;1-3-12-5-7-13(8-6-12)11-17-10-9-14(15)16-4-2/h2,4-10H2,1,3H3,(H,15,20);3,5-8H,1,4,9-11H2,2H3. The van der Waals surface area contributed by atoms with Gasteiger partial charge in [-0.1, -0.05) is 80.8 Å². The van der Waals surface area contributed by atoms with Crippen molar-refractivity contribution in [2.45, 2.75) is 52.2 Å². The Morgan fingerprint density at radius 3 is 2.26 bits per heavy atom. The SMILES string of the molecule is C=C(C)C(=O)OCCNC(=S)SCCC(=O)OCCCC.C=Cc1ccc(CSCCC(=O)OCC)cc1. The zero-order chi connectivity index (χ0) is 28.6. The highest BCUT2D eigenvalue weighted by Crippen LogP contribution is 2.14. The number of ether oxygens (including phenoxy) is 3. The van der Waals surface area contributed by atoms with Crippen LogP contribution in [-0.4, -0.2) is 60.1 Å². The number of hydrogen-bond donors (Lipinski definition) is 1. The van der Waals surface area contributed by atoms with Gasteiger partial charge in [-0.25, -0.2) is 4.79 Å². The molecule has 0 spiro atoms. The molecule has 0 fully saturated rings. The fraction of sp³-hybridized carbons (Fsp3) is 0.500. The van der Waals surface area contributed by atoms with Crippen LogP contribution in [0.15, 0.2) is 43.0 Å². The molecular weight excluding hydrogens is 543 g/mol. The van der Waals surface area contributed by atoms with Gasteiger partial charge in [-0.15, -0.1) is 0 Å². The summed E-state index contributed by atoms with van der Waals surface area (Å²) in [6.45, 7) is 14.3. The van der Waals surface area contributed by atoms with Crippen molar-refractivity contribution in [3.05, 3.63) is 54.1 Å². The molecule has 7 nitrogen and oxygen atoms in total. The van der Waals surface area contributed by atoms with E-state index in [4.69, 9.17) is 26.4 Å². The Morgan fingerprint density at radius 1 is 1.00 bits per heavy atom. The van der Waals surface area contributed by atoms with Gasteiger partial charge in [0.1, 0.15) is 10.9 Å². The average Bonchev–Trinajstić information content (AvgIpc) is 2.90. The second-order valence-corrected chi connectivity index (χ2v) is 10.7. The maximum atomic E-state index is 11.3. The summed E-state index contributed by atoms with van der Waals surface area (Å²) in [6.07, 6.45) is 4.55.